The number of carbonyl (C=O) groups excluding carboxylic acids is 3. The lowest BCUT2D eigenvalue weighted by atomic mass is 9.82. The number of nitrogens with zero attached hydrogens (tertiary/aromatic N) is 1. The number of aliphatic hydroxyl groups is 1. The van der Waals surface area contributed by atoms with E-state index in [4.69, 9.17) is 0 Å². The number of Topliss-reactive ketones (excluding diaryl/α,β-unsaturated/α-hetero) is 2. The van der Waals surface area contributed by atoms with Crippen molar-refractivity contribution >= 4 is 17.5 Å². The first-order valence-corrected chi connectivity index (χ1v) is 8.65. The molecule has 1 heterocycles. The minimum atomic E-state index is -1.52. The monoisotopic (exact) mass is 333 g/mol. The average molecular weight is 333 g/mol. The lowest BCUT2D eigenvalue weighted by Crippen LogP contribution is -2.49. The number of ketones is 2. The predicted molar refractivity (Wildman–Crippen MR) is 91.4 cm³/mol. The van der Waals surface area contributed by atoms with Crippen LogP contribution in [0.1, 0.15) is 59.8 Å². The van der Waals surface area contributed by atoms with Crippen LogP contribution in [0.5, 0.6) is 0 Å². The summed E-state index contributed by atoms with van der Waals surface area (Å²) >= 11 is 0. The zero-order valence-corrected chi connectivity index (χ0v) is 15.1. The van der Waals surface area contributed by atoms with Gasteiger partial charge in [-0.2, -0.15) is 0 Å². The van der Waals surface area contributed by atoms with E-state index in [-0.39, 0.29) is 30.3 Å². The summed E-state index contributed by atoms with van der Waals surface area (Å²) in [7, 11) is 0. The van der Waals surface area contributed by atoms with Crippen LogP contribution >= 0.6 is 0 Å². The molecule has 0 aromatic carbocycles. The van der Waals surface area contributed by atoms with Crippen LogP contribution < -0.4 is 0 Å². The molecule has 5 nitrogen and oxygen atoms in total. The molecular weight excluding hydrogens is 306 g/mol. The second kappa shape index (κ2) is 7.01. The molecule has 2 aliphatic rings. The van der Waals surface area contributed by atoms with Gasteiger partial charge in [0.15, 0.2) is 11.6 Å². The van der Waals surface area contributed by atoms with Crippen LogP contribution in [0.15, 0.2) is 22.3 Å². The molecule has 1 fully saturated rings. The molecule has 24 heavy (non-hydrogen) atoms. The number of hydrogen-bond donors (Lipinski definition) is 1. The fourth-order valence-corrected chi connectivity index (χ4v) is 3.37. The highest BCUT2D eigenvalue weighted by atomic mass is 16.3. The number of amides is 1. The summed E-state index contributed by atoms with van der Waals surface area (Å²) in [5, 5.41) is 10.6. The molecular formula is C19H27NO4. The first-order valence-electron chi connectivity index (χ1n) is 8.65. The third kappa shape index (κ3) is 3.51. The number of rotatable bonds is 4. The lowest BCUT2D eigenvalue weighted by Gasteiger charge is -2.33. The van der Waals surface area contributed by atoms with Crippen molar-refractivity contribution < 1.29 is 19.5 Å². The van der Waals surface area contributed by atoms with Crippen LogP contribution in [-0.4, -0.2) is 46.2 Å². The van der Waals surface area contributed by atoms with Crippen molar-refractivity contribution in [2.75, 3.05) is 13.1 Å². The molecule has 0 bridgehead atoms. The number of allylic oxidation sites excluding steroid dienone is 4. The number of piperidine rings is 1. The van der Waals surface area contributed by atoms with E-state index in [9.17, 15) is 19.5 Å². The second-order valence-corrected chi connectivity index (χ2v) is 7.14. The van der Waals surface area contributed by atoms with E-state index in [1.165, 1.54) is 6.92 Å². The fourth-order valence-electron chi connectivity index (χ4n) is 3.37. The second-order valence-electron chi connectivity index (χ2n) is 7.14. The molecule has 1 amide bonds. The van der Waals surface area contributed by atoms with Crippen LogP contribution in [0, 0.1) is 0 Å². The Morgan fingerprint density at radius 3 is 2.12 bits per heavy atom. The maximum absolute atomic E-state index is 12.5. The van der Waals surface area contributed by atoms with E-state index in [2.05, 4.69) is 0 Å². The molecule has 0 aromatic heterocycles. The quantitative estimate of drug-likeness (QED) is 0.801. The molecule has 5 heteroatoms. The molecule has 1 atom stereocenters. The zero-order valence-electron chi connectivity index (χ0n) is 15.1. The zero-order chi connectivity index (χ0) is 18.1. The van der Waals surface area contributed by atoms with Gasteiger partial charge in [-0.15, -0.1) is 0 Å². The Kier molecular flexibility index (Phi) is 5.43. The largest absolute Gasteiger partial charge is 0.380 e. The summed E-state index contributed by atoms with van der Waals surface area (Å²) < 4.78 is 0. The van der Waals surface area contributed by atoms with Gasteiger partial charge in [0, 0.05) is 35.4 Å². The van der Waals surface area contributed by atoms with E-state index in [0.717, 1.165) is 19.3 Å². The standard InChI is InChI=1S/C19H27NO4/c1-12-13(2)17(22)15(14(3)16(12)21)8-9-19(4,24)18(23)20-10-6-5-7-11-20/h24H,5-11H2,1-4H3. The van der Waals surface area contributed by atoms with Gasteiger partial charge in [-0.05, 0) is 59.8 Å². The van der Waals surface area contributed by atoms with Crippen LogP contribution in [0.3, 0.4) is 0 Å². The van der Waals surface area contributed by atoms with Crippen molar-refractivity contribution in [2.24, 2.45) is 0 Å². The van der Waals surface area contributed by atoms with Gasteiger partial charge in [0.1, 0.15) is 5.60 Å². The summed E-state index contributed by atoms with van der Waals surface area (Å²) in [6, 6.07) is 0. The van der Waals surface area contributed by atoms with Crippen molar-refractivity contribution in [3.8, 4) is 0 Å². The van der Waals surface area contributed by atoms with Crippen LogP contribution in [0.25, 0.3) is 0 Å². The molecule has 1 saturated heterocycles. The maximum atomic E-state index is 12.5. The van der Waals surface area contributed by atoms with Crippen LogP contribution in [-0.2, 0) is 14.4 Å². The highest BCUT2D eigenvalue weighted by molar-refractivity contribution is 6.24. The summed E-state index contributed by atoms with van der Waals surface area (Å²) in [5.74, 6) is -0.548. The molecule has 132 valence electrons. The maximum Gasteiger partial charge on any atom is 0.254 e. The van der Waals surface area contributed by atoms with Crippen molar-refractivity contribution in [1.29, 1.82) is 0 Å². The van der Waals surface area contributed by atoms with Gasteiger partial charge >= 0.3 is 0 Å². The molecule has 2 rings (SSSR count). The smallest absolute Gasteiger partial charge is 0.254 e. The number of likely N-dealkylation sites (tertiary alicyclic amines) is 1. The number of carbonyl (C=O) groups is 3. The normalized spacial score (nSPS) is 22.1. The van der Waals surface area contributed by atoms with E-state index in [0.29, 0.717) is 35.4 Å². The molecule has 0 aromatic rings. The molecule has 0 saturated carbocycles. The minimum absolute atomic E-state index is 0.121. The van der Waals surface area contributed by atoms with Gasteiger partial charge < -0.3 is 10.0 Å². The van der Waals surface area contributed by atoms with Gasteiger partial charge in [0.2, 0.25) is 0 Å². The van der Waals surface area contributed by atoms with Crippen molar-refractivity contribution in [3.63, 3.8) is 0 Å². The molecule has 1 aliphatic carbocycles. The first-order chi connectivity index (χ1) is 11.2. The van der Waals surface area contributed by atoms with E-state index in [1.807, 2.05) is 0 Å². The SMILES string of the molecule is CC1=C(C)C(=O)C(CCC(C)(O)C(=O)N2CCCCC2)=C(C)C1=O. The van der Waals surface area contributed by atoms with Crippen molar-refractivity contribution in [3.05, 3.63) is 22.3 Å². The third-order valence-electron chi connectivity index (χ3n) is 5.28. The summed E-state index contributed by atoms with van der Waals surface area (Å²) in [6.07, 6.45) is 3.40. The topological polar surface area (TPSA) is 74.7 Å². The predicted octanol–water partition coefficient (Wildman–Crippen LogP) is 2.33. The van der Waals surface area contributed by atoms with Gasteiger partial charge in [-0.1, -0.05) is 0 Å². The highest BCUT2D eigenvalue weighted by Gasteiger charge is 2.36. The Bertz CT molecular complexity index is 634. The molecule has 1 unspecified atom stereocenters. The van der Waals surface area contributed by atoms with Gasteiger partial charge in [-0.3, -0.25) is 14.4 Å². The third-order valence-corrected chi connectivity index (χ3v) is 5.28. The summed E-state index contributed by atoms with van der Waals surface area (Å²) in [6.45, 7) is 7.81. The molecule has 0 spiro atoms. The van der Waals surface area contributed by atoms with Gasteiger partial charge in [0.05, 0.1) is 0 Å². The Morgan fingerprint density at radius 2 is 1.54 bits per heavy atom. The number of hydrogen-bond acceptors (Lipinski definition) is 4. The molecule has 1 aliphatic heterocycles. The van der Waals surface area contributed by atoms with Crippen molar-refractivity contribution in [1.82, 2.24) is 4.90 Å². The van der Waals surface area contributed by atoms with E-state index in [1.54, 1.807) is 25.7 Å². The lowest BCUT2D eigenvalue weighted by molar-refractivity contribution is -0.151. The van der Waals surface area contributed by atoms with Crippen LogP contribution in [0.4, 0.5) is 0 Å². The molecule has 1 N–H and O–H groups in total. The van der Waals surface area contributed by atoms with Crippen LogP contribution in [0.2, 0.25) is 0 Å². The van der Waals surface area contributed by atoms with Gasteiger partial charge in [0.25, 0.3) is 5.91 Å². The Labute approximate surface area is 143 Å². The van der Waals surface area contributed by atoms with Gasteiger partial charge in [-0.25, -0.2) is 0 Å². The Balaban J connectivity index is 2.10. The average Bonchev–Trinajstić information content (AvgIpc) is 2.58. The summed E-state index contributed by atoms with van der Waals surface area (Å²) in [4.78, 5) is 38.9. The first kappa shape index (κ1) is 18.6. The summed E-state index contributed by atoms with van der Waals surface area (Å²) in [5.41, 5.74) is 0.289. The van der Waals surface area contributed by atoms with E-state index < -0.39 is 5.60 Å². The molecule has 0 radical (unpaired) electrons. The Hall–Kier alpha value is -1.75. The highest BCUT2D eigenvalue weighted by Crippen LogP contribution is 2.29. The van der Waals surface area contributed by atoms with E-state index >= 15 is 0 Å². The fraction of sp³-hybridized carbons (Fsp3) is 0.632. The Morgan fingerprint density at radius 1 is 1.00 bits per heavy atom. The minimum Gasteiger partial charge on any atom is -0.380 e. The van der Waals surface area contributed by atoms with Crippen molar-refractivity contribution in [2.45, 2.75) is 65.4 Å².